The fourth-order valence-corrected chi connectivity index (χ4v) is 2.41. The van der Waals surface area contributed by atoms with Gasteiger partial charge in [0.25, 0.3) is 5.56 Å². The van der Waals surface area contributed by atoms with Crippen LogP contribution in [-0.4, -0.2) is 39.4 Å². The number of nitrogens with one attached hydrogen (secondary N) is 2. The van der Waals surface area contributed by atoms with Crippen molar-refractivity contribution in [3.8, 4) is 0 Å². The normalized spacial score (nSPS) is 11.4. The van der Waals surface area contributed by atoms with E-state index in [0.29, 0.717) is 0 Å². The number of hydrazone groups is 1. The van der Waals surface area contributed by atoms with Crippen LogP contribution < -0.4 is 21.6 Å². The maximum absolute atomic E-state index is 12.1. The average molecular weight is 341 g/mol. The molecule has 0 aliphatic carbocycles. The molecule has 0 amide bonds. The lowest BCUT2D eigenvalue weighted by Crippen LogP contribution is -2.36. The number of fused-ring (bicyclic) bond motifs is 1. The number of benzene rings is 1. The fourth-order valence-electron chi connectivity index (χ4n) is 2.41. The Hall–Kier alpha value is -3.36. The molecule has 0 spiro atoms. The highest BCUT2D eigenvalue weighted by Gasteiger charge is 2.12. The summed E-state index contributed by atoms with van der Waals surface area (Å²) in [5, 5.41) is 4.11. The summed E-state index contributed by atoms with van der Waals surface area (Å²) in [5.74, 6) is 0.287. The van der Waals surface area contributed by atoms with Crippen molar-refractivity contribution < 1.29 is 0 Å². The lowest BCUT2D eigenvalue weighted by molar-refractivity contribution is 0.709. The molecule has 9 nitrogen and oxygen atoms in total. The highest BCUT2D eigenvalue weighted by atomic mass is 16.2. The molecule has 0 fully saturated rings. The first-order valence-corrected chi connectivity index (χ1v) is 7.60. The SMILES string of the molecule is CN(C)c1ccc(/C=N\Nc2nc3c([nH]2)c(=O)n(C)c(=O)n3C)cc1. The Labute approximate surface area is 143 Å². The van der Waals surface area contributed by atoms with E-state index in [1.54, 1.807) is 13.3 Å². The third kappa shape index (κ3) is 3.03. The van der Waals surface area contributed by atoms with Gasteiger partial charge in [0.1, 0.15) is 0 Å². The first-order valence-electron chi connectivity index (χ1n) is 7.60. The number of aromatic nitrogens is 4. The molecule has 2 aromatic heterocycles. The van der Waals surface area contributed by atoms with Gasteiger partial charge in [-0.1, -0.05) is 12.1 Å². The van der Waals surface area contributed by atoms with E-state index in [1.807, 2.05) is 43.3 Å². The summed E-state index contributed by atoms with van der Waals surface area (Å²) >= 11 is 0. The first-order chi connectivity index (χ1) is 11.9. The van der Waals surface area contributed by atoms with E-state index in [2.05, 4.69) is 20.5 Å². The minimum atomic E-state index is -0.431. The van der Waals surface area contributed by atoms with Gasteiger partial charge < -0.3 is 9.88 Å². The zero-order valence-electron chi connectivity index (χ0n) is 14.4. The van der Waals surface area contributed by atoms with Crippen LogP contribution in [0.1, 0.15) is 5.56 Å². The van der Waals surface area contributed by atoms with Gasteiger partial charge in [-0.25, -0.2) is 10.2 Å². The Morgan fingerprint density at radius 2 is 1.84 bits per heavy atom. The monoisotopic (exact) mass is 341 g/mol. The van der Waals surface area contributed by atoms with E-state index in [0.717, 1.165) is 15.8 Å². The van der Waals surface area contributed by atoms with Crippen LogP contribution in [0.4, 0.5) is 11.6 Å². The summed E-state index contributed by atoms with van der Waals surface area (Å²) in [4.78, 5) is 33.1. The highest BCUT2D eigenvalue weighted by molar-refractivity contribution is 5.81. The van der Waals surface area contributed by atoms with Crippen LogP contribution in [0.2, 0.25) is 0 Å². The largest absolute Gasteiger partial charge is 0.378 e. The smallest absolute Gasteiger partial charge is 0.332 e. The molecular weight excluding hydrogens is 322 g/mol. The molecule has 0 unspecified atom stereocenters. The van der Waals surface area contributed by atoms with Gasteiger partial charge in [0.2, 0.25) is 5.95 Å². The van der Waals surface area contributed by atoms with Crippen LogP contribution in [0, 0.1) is 0 Å². The molecule has 0 aliphatic heterocycles. The van der Waals surface area contributed by atoms with Crippen LogP contribution in [0.25, 0.3) is 11.2 Å². The van der Waals surface area contributed by atoms with Crippen molar-refractivity contribution in [1.29, 1.82) is 0 Å². The maximum Gasteiger partial charge on any atom is 0.332 e. The van der Waals surface area contributed by atoms with Crippen molar-refractivity contribution in [2.45, 2.75) is 0 Å². The van der Waals surface area contributed by atoms with E-state index in [-0.39, 0.29) is 17.1 Å². The Kier molecular flexibility index (Phi) is 4.14. The van der Waals surface area contributed by atoms with Gasteiger partial charge in [-0.2, -0.15) is 10.1 Å². The molecule has 0 saturated carbocycles. The van der Waals surface area contributed by atoms with Crippen molar-refractivity contribution in [2.24, 2.45) is 19.2 Å². The van der Waals surface area contributed by atoms with Gasteiger partial charge in [0, 0.05) is 33.9 Å². The second-order valence-electron chi connectivity index (χ2n) is 5.85. The summed E-state index contributed by atoms with van der Waals surface area (Å²) in [6.45, 7) is 0. The first kappa shape index (κ1) is 16.5. The average Bonchev–Trinajstić information content (AvgIpc) is 3.03. The summed E-state index contributed by atoms with van der Waals surface area (Å²) in [6, 6.07) is 7.86. The molecule has 9 heteroatoms. The molecule has 0 saturated heterocycles. The molecule has 2 heterocycles. The topological polar surface area (TPSA) is 100 Å². The van der Waals surface area contributed by atoms with E-state index >= 15 is 0 Å². The summed E-state index contributed by atoms with van der Waals surface area (Å²) in [6.07, 6.45) is 1.64. The Bertz CT molecular complexity index is 1060. The van der Waals surface area contributed by atoms with E-state index in [1.165, 1.54) is 11.6 Å². The van der Waals surface area contributed by atoms with Crippen LogP contribution in [0.3, 0.4) is 0 Å². The van der Waals surface area contributed by atoms with Crippen molar-refractivity contribution >= 4 is 29.0 Å². The number of anilines is 2. The molecular formula is C16H19N7O2. The predicted molar refractivity (Wildman–Crippen MR) is 98.6 cm³/mol. The molecule has 0 radical (unpaired) electrons. The van der Waals surface area contributed by atoms with Gasteiger partial charge >= 0.3 is 5.69 Å². The highest BCUT2D eigenvalue weighted by Crippen LogP contribution is 2.11. The molecule has 0 aliphatic rings. The summed E-state index contributed by atoms with van der Waals surface area (Å²) in [7, 11) is 6.94. The zero-order valence-corrected chi connectivity index (χ0v) is 14.4. The second kappa shape index (κ2) is 6.27. The third-order valence-electron chi connectivity index (χ3n) is 3.89. The molecule has 0 atom stereocenters. The van der Waals surface area contributed by atoms with Crippen LogP contribution >= 0.6 is 0 Å². The van der Waals surface area contributed by atoms with Gasteiger partial charge in [0.05, 0.1) is 6.21 Å². The van der Waals surface area contributed by atoms with Gasteiger partial charge in [-0.3, -0.25) is 13.9 Å². The Balaban J connectivity index is 1.84. The number of hydrogen-bond acceptors (Lipinski definition) is 6. The number of aromatic amines is 1. The van der Waals surface area contributed by atoms with Crippen molar-refractivity contribution in [1.82, 2.24) is 19.1 Å². The number of nitrogens with zero attached hydrogens (tertiary/aromatic N) is 5. The number of H-pyrrole nitrogens is 1. The van der Waals surface area contributed by atoms with Crippen LogP contribution in [0.15, 0.2) is 39.0 Å². The number of rotatable bonds is 4. The predicted octanol–water partition coefficient (Wildman–Crippen LogP) is 0.472. The minimum absolute atomic E-state index is 0.248. The molecule has 3 aromatic rings. The van der Waals surface area contributed by atoms with Crippen molar-refractivity contribution in [3.05, 3.63) is 50.7 Å². The minimum Gasteiger partial charge on any atom is -0.378 e. The quantitative estimate of drug-likeness (QED) is 0.531. The van der Waals surface area contributed by atoms with E-state index < -0.39 is 11.2 Å². The van der Waals surface area contributed by atoms with Crippen LogP contribution in [-0.2, 0) is 14.1 Å². The number of hydrogen-bond donors (Lipinski definition) is 2. The molecule has 3 rings (SSSR count). The lowest BCUT2D eigenvalue weighted by atomic mass is 10.2. The molecule has 25 heavy (non-hydrogen) atoms. The van der Waals surface area contributed by atoms with Gasteiger partial charge in [-0.15, -0.1) is 0 Å². The Morgan fingerprint density at radius 1 is 1.16 bits per heavy atom. The van der Waals surface area contributed by atoms with Crippen molar-refractivity contribution in [3.63, 3.8) is 0 Å². The van der Waals surface area contributed by atoms with Crippen molar-refractivity contribution in [2.75, 3.05) is 24.4 Å². The summed E-state index contributed by atoms with van der Waals surface area (Å²) in [5.41, 5.74) is 4.42. The molecule has 2 N–H and O–H groups in total. The maximum atomic E-state index is 12.1. The molecule has 130 valence electrons. The van der Waals surface area contributed by atoms with Gasteiger partial charge in [-0.05, 0) is 17.7 Å². The Morgan fingerprint density at radius 3 is 2.48 bits per heavy atom. The van der Waals surface area contributed by atoms with Gasteiger partial charge in [0.15, 0.2) is 11.2 Å². The summed E-state index contributed by atoms with van der Waals surface area (Å²) < 4.78 is 2.34. The number of imidazole rings is 1. The third-order valence-corrected chi connectivity index (χ3v) is 3.89. The second-order valence-corrected chi connectivity index (χ2v) is 5.85. The fraction of sp³-hybridized carbons (Fsp3) is 0.250. The van der Waals surface area contributed by atoms with E-state index in [9.17, 15) is 9.59 Å². The molecule has 1 aromatic carbocycles. The lowest BCUT2D eigenvalue weighted by Gasteiger charge is -2.11. The van der Waals surface area contributed by atoms with E-state index in [4.69, 9.17) is 0 Å². The van der Waals surface area contributed by atoms with Crippen LogP contribution in [0.5, 0.6) is 0 Å². The standard InChI is InChI=1S/C16H19N7O2/c1-21(2)11-7-5-10(6-8-11)9-17-20-15-18-12-13(19-15)22(3)16(25)23(4)14(12)24/h5-9H,1-4H3,(H2,18,19,20)/b17-9-. The number of aryl methyl sites for hydroxylation is 1. The molecule has 0 bridgehead atoms. The zero-order chi connectivity index (χ0) is 18.1.